The van der Waals surface area contributed by atoms with Gasteiger partial charge in [-0.3, -0.25) is 14.5 Å². The molecule has 0 amide bonds. The van der Waals surface area contributed by atoms with Gasteiger partial charge in [0.25, 0.3) is 0 Å². The predicted octanol–water partition coefficient (Wildman–Crippen LogP) is 3.38. The Balaban J connectivity index is 1.52. The minimum Gasteiger partial charge on any atom is -0.502 e. The number of anilines is 1. The van der Waals surface area contributed by atoms with Crippen LogP contribution in [-0.4, -0.2) is 63.5 Å². The first-order chi connectivity index (χ1) is 17.9. The molecule has 1 atom stereocenters. The maximum absolute atomic E-state index is 12.7. The number of piperazine rings is 1. The summed E-state index contributed by atoms with van der Waals surface area (Å²) in [6.45, 7) is 3.59. The summed E-state index contributed by atoms with van der Waals surface area (Å²) >= 11 is 0. The maximum Gasteiger partial charge on any atom is 0.306 e. The highest BCUT2D eigenvalue weighted by Gasteiger charge is 2.27. The molecule has 4 rings (SSSR count). The second-order valence-corrected chi connectivity index (χ2v) is 8.86. The molecule has 3 aromatic rings. The average molecular weight is 509 g/mol. The van der Waals surface area contributed by atoms with Gasteiger partial charge in [-0.2, -0.15) is 0 Å². The summed E-state index contributed by atoms with van der Waals surface area (Å²) in [5, 5.41) is 10.6. The minimum absolute atomic E-state index is 0.0509. The van der Waals surface area contributed by atoms with Crippen molar-refractivity contribution in [2.24, 2.45) is 0 Å². The van der Waals surface area contributed by atoms with Crippen LogP contribution in [0.4, 0.5) is 5.69 Å². The number of aromatic hydroxyl groups is 1. The largest absolute Gasteiger partial charge is 0.502 e. The van der Waals surface area contributed by atoms with Gasteiger partial charge in [-0.25, -0.2) is 0 Å². The highest BCUT2D eigenvalue weighted by atomic mass is 16.5. The number of carbonyl (C=O) groups excluding carboxylic acids is 1. The first-order valence-electron chi connectivity index (χ1n) is 12.1. The van der Waals surface area contributed by atoms with Crippen molar-refractivity contribution >= 4 is 11.7 Å². The molecule has 0 saturated carbocycles. The van der Waals surface area contributed by atoms with Gasteiger partial charge >= 0.3 is 5.97 Å². The van der Waals surface area contributed by atoms with Gasteiger partial charge in [-0.05, 0) is 42.0 Å². The molecule has 1 aliphatic heterocycles. The number of esters is 1. The lowest BCUT2D eigenvalue weighted by atomic mass is 9.92. The Hall–Kier alpha value is -3.98. The van der Waals surface area contributed by atoms with Crippen LogP contribution in [-0.2, 0) is 16.1 Å². The molecule has 1 unspecified atom stereocenters. The van der Waals surface area contributed by atoms with Gasteiger partial charge in [0, 0.05) is 37.9 Å². The van der Waals surface area contributed by atoms with Gasteiger partial charge < -0.3 is 28.6 Å². The molecule has 0 bridgehead atoms. The molecule has 0 spiro atoms. The Morgan fingerprint density at radius 2 is 1.54 bits per heavy atom. The highest BCUT2D eigenvalue weighted by Crippen LogP contribution is 2.34. The first kappa shape index (κ1) is 26.1. The third kappa shape index (κ3) is 6.24. The van der Waals surface area contributed by atoms with Crippen molar-refractivity contribution in [2.45, 2.75) is 18.9 Å². The van der Waals surface area contributed by atoms with E-state index in [1.54, 1.807) is 38.5 Å². The molecule has 0 radical (unpaired) electrons. The van der Waals surface area contributed by atoms with Crippen LogP contribution in [0.15, 0.2) is 63.8 Å². The van der Waals surface area contributed by atoms with Gasteiger partial charge in [0.15, 0.2) is 5.76 Å². The lowest BCUT2D eigenvalue weighted by Crippen LogP contribution is -2.46. The summed E-state index contributed by atoms with van der Waals surface area (Å²) in [6.07, 6.45) is -0.0939. The number of hydrogen-bond acceptors (Lipinski definition) is 9. The van der Waals surface area contributed by atoms with E-state index in [1.165, 1.54) is 13.2 Å². The van der Waals surface area contributed by atoms with Crippen molar-refractivity contribution < 1.29 is 28.5 Å². The molecule has 37 heavy (non-hydrogen) atoms. The highest BCUT2D eigenvalue weighted by molar-refractivity contribution is 5.71. The molecule has 1 aliphatic rings. The number of rotatable bonds is 9. The molecule has 9 nitrogen and oxygen atoms in total. The van der Waals surface area contributed by atoms with Crippen molar-refractivity contribution in [3.8, 4) is 17.2 Å². The molecule has 2 aromatic carbocycles. The summed E-state index contributed by atoms with van der Waals surface area (Å²) in [5.74, 6) is 0.266. The summed E-state index contributed by atoms with van der Waals surface area (Å²) in [6, 6.07) is 16.3. The van der Waals surface area contributed by atoms with Crippen LogP contribution in [0.5, 0.6) is 17.2 Å². The zero-order valence-corrected chi connectivity index (χ0v) is 21.3. The average Bonchev–Trinajstić information content (AvgIpc) is 2.94. The number of benzene rings is 2. The molecular weight excluding hydrogens is 476 g/mol. The maximum atomic E-state index is 12.7. The fraction of sp³-hybridized carbons (Fsp3) is 0.357. The third-order valence-electron chi connectivity index (χ3n) is 6.62. The molecule has 2 heterocycles. The van der Waals surface area contributed by atoms with Crippen LogP contribution < -0.4 is 19.8 Å². The van der Waals surface area contributed by atoms with Crippen LogP contribution >= 0.6 is 0 Å². The SMILES string of the molecule is COC(=O)CC(c1ccc(OC)cc1)c1oc(CN2CCN(c3ccc(OC)cc3)CC2)cc(=O)c1O. The smallest absolute Gasteiger partial charge is 0.306 e. The van der Waals surface area contributed by atoms with E-state index in [0.717, 1.165) is 37.6 Å². The molecular formula is C28H32N2O7. The topological polar surface area (TPSA) is 102 Å². The van der Waals surface area contributed by atoms with E-state index >= 15 is 0 Å². The van der Waals surface area contributed by atoms with Crippen molar-refractivity contribution in [2.75, 3.05) is 52.4 Å². The van der Waals surface area contributed by atoms with E-state index in [-0.39, 0.29) is 12.2 Å². The second-order valence-electron chi connectivity index (χ2n) is 8.86. The first-order valence-corrected chi connectivity index (χ1v) is 12.1. The zero-order valence-electron chi connectivity index (χ0n) is 21.3. The summed E-state index contributed by atoms with van der Waals surface area (Å²) in [7, 11) is 4.51. The van der Waals surface area contributed by atoms with E-state index in [9.17, 15) is 14.7 Å². The van der Waals surface area contributed by atoms with Gasteiger partial charge in [0.2, 0.25) is 11.2 Å². The Morgan fingerprint density at radius 3 is 2.11 bits per heavy atom. The van der Waals surface area contributed by atoms with Crippen molar-refractivity contribution in [3.63, 3.8) is 0 Å². The fourth-order valence-electron chi connectivity index (χ4n) is 4.49. The number of hydrogen-bond donors (Lipinski definition) is 1. The Labute approximate surface area is 215 Å². The summed E-state index contributed by atoms with van der Waals surface area (Å²) in [4.78, 5) is 29.4. The monoisotopic (exact) mass is 508 g/mol. The standard InChI is InChI=1S/C28H32N2O7/c1-34-21-8-4-19(5-9-21)24(17-26(32)36-3)28-27(33)25(31)16-23(37-28)18-29-12-14-30(15-13-29)20-6-10-22(35-2)11-7-20/h4-11,16,24,33H,12-15,17-18H2,1-3H3. The molecule has 1 saturated heterocycles. The van der Waals surface area contributed by atoms with Crippen LogP contribution in [0.2, 0.25) is 0 Å². The van der Waals surface area contributed by atoms with Crippen molar-refractivity contribution in [1.29, 1.82) is 0 Å². The Bertz CT molecular complexity index is 1250. The van der Waals surface area contributed by atoms with Crippen LogP contribution in [0.25, 0.3) is 0 Å². The normalized spacial score (nSPS) is 14.7. The van der Waals surface area contributed by atoms with Crippen molar-refractivity contribution in [1.82, 2.24) is 4.90 Å². The lowest BCUT2D eigenvalue weighted by Gasteiger charge is -2.36. The summed E-state index contributed by atoms with van der Waals surface area (Å²) in [5.41, 5.74) is 1.27. The Morgan fingerprint density at radius 1 is 0.946 bits per heavy atom. The molecule has 1 fully saturated rings. The predicted molar refractivity (Wildman–Crippen MR) is 139 cm³/mol. The van der Waals surface area contributed by atoms with E-state index in [4.69, 9.17) is 18.6 Å². The van der Waals surface area contributed by atoms with Crippen LogP contribution in [0.3, 0.4) is 0 Å². The van der Waals surface area contributed by atoms with E-state index in [2.05, 4.69) is 9.80 Å². The van der Waals surface area contributed by atoms with E-state index < -0.39 is 23.1 Å². The van der Waals surface area contributed by atoms with E-state index in [0.29, 0.717) is 23.6 Å². The minimum atomic E-state index is -0.696. The van der Waals surface area contributed by atoms with Gasteiger partial charge in [0.05, 0.1) is 40.2 Å². The third-order valence-corrected chi connectivity index (χ3v) is 6.62. The number of methoxy groups -OCH3 is 3. The number of nitrogens with zero attached hydrogens (tertiary/aromatic N) is 2. The second kappa shape index (κ2) is 11.8. The Kier molecular flexibility index (Phi) is 8.35. The molecule has 196 valence electrons. The van der Waals surface area contributed by atoms with Crippen LogP contribution in [0, 0.1) is 0 Å². The number of carbonyl (C=O) groups is 1. The summed E-state index contributed by atoms with van der Waals surface area (Å²) < 4.78 is 21.4. The van der Waals surface area contributed by atoms with Gasteiger partial charge in [-0.15, -0.1) is 0 Å². The van der Waals surface area contributed by atoms with Gasteiger partial charge in [-0.1, -0.05) is 12.1 Å². The van der Waals surface area contributed by atoms with Crippen LogP contribution in [0.1, 0.15) is 29.4 Å². The quantitative estimate of drug-likeness (QED) is 0.436. The molecule has 9 heteroatoms. The molecule has 1 N–H and O–H groups in total. The van der Waals surface area contributed by atoms with Crippen molar-refractivity contribution in [3.05, 3.63) is 81.9 Å². The van der Waals surface area contributed by atoms with E-state index in [1.807, 2.05) is 24.3 Å². The lowest BCUT2D eigenvalue weighted by molar-refractivity contribution is -0.140. The molecule has 1 aromatic heterocycles. The zero-order chi connectivity index (χ0) is 26.4. The van der Waals surface area contributed by atoms with Gasteiger partial charge in [0.1, 0.15) is 17.3 Å². The fourth-order valence-corrected chi connectivity index (χ4v) is 4.49. The number of ether oxygens (including phenoxy) is 3. The molecule has 0 aliphatic carbocycles.